The molecule has 214 valence electrons. The second kappa shape index (κ2) is 11.0. The number of halogens is 1. The molecule has 0 saturated carbocycles. The van der Waals surface area contributed by atoms with Gasteiger partial charge >= 0.3 is 0 Å². The summed E-state index contributed by atoms with van der Waals surface area (Å²) in [4.78, 5) is 38.9. The molecule has 3 aromatic heterocycles. The Hall–Kier alpha value is -4.95. The number of methoxy groups -OCH3 is 1. The minimum atomic E-state index is -0.205. The van der Waals surface area contributed by atoms with E-state index in [9.17, 15) is 9.59 Å². The standard InChI is InChI=1S/C34H28ClN5O3/c1-43-25-14-12-22(13-15-25)20-38-18-16-29(41)31-32(38)36-21-37-33(31)39-17-6-11-27(39)28-19-23-7-5-10-26(35)30(23)34(42)40(28)24-8-3-2-4-9-24/h2-5,7-10,12-16,18-19,21,27H,6,11,17,20H2,1H3. The van der Waals surface area contributed by atoms with Gasteiger partial charge in [0.15, 0.2) is 5.43 Å². The first kappa shape index (κ1) is 26.9. The molecular weight excluding hydrogens is 562 g/mol. The number of nitrogens with zero attached hydrogens (tertiary/aromatic N) is 5. The van der Waals surface area contributed by atoms with E-state index in [-0.39, 0.29) is 17.0 Å². The summed E-state index contributed by atoms with van der Waals surface area (Å²) in [6.45, 7) is 1.21. The smallest absolute Gasteiger partial charge is 0.264 e. The third-order valence-electron chi connectivity index (χ3n) is 8.15. The molecule has 0 amide bonds. The van der Waals surface area contributed by atoms with Crippen molar-refractivity contribution < 1.29 is 4.74 Å². The van der Waals surface area contributed by atoms with Crippen LogP contribution in [0.2, 0.25) is 5.02 Å². The summed E-state index contributed by atoms with van der Waals surface area (Å²) in [6.07, 6.45) is 4.95. The van der Waals surface area contributed by atoms with Gasteiger partial charge in [0.25, 0.3) is 5.56 Å². The first-order chi connectivity index (χ1) is 21.0. The van der Waals surface area contributed by atoms with Crippen LogP contribution in [0.4, 0.5) is 5.82 Å². The fourth-order valence-corrected chi connectivity index (χ4v) is 6.41. The van der Waals surface area contributed by atoms with Gasteiger partial charge in [-0.05, 0) is 60.2 Å². The Balaban J connectivity index is 1.38. The average molecular weight is 590 g/mol. The summed E-state index contributed by atoms with van der Waals surface area (Å²) in [5.41, 5.74) is 2.87. The molecule has 0 radical (unpaired) electrons. The second-order valence-corrected chi connectivity index (χ2v) is 11.1. The molecule has 0 spiro atoms. The molecule has 8 nitrogen and oxygen atoms in total. The van der Waals surface area contributed by atoms with Gasteiger partial charge in [-0.25, -0.2) is 9.97 Å². The van der Waals surface area contributed by atoms with Crippen LogP contribution < -0.4 is 20.6 Å². The van der Waals surface area contributed by atoms with Gasteiger partial charge in [0, 0.05) is 36.7 Å². The molecule has 1 atom stereocenters. The highest BCUT2D eigenvalue weighted by Gasteiger charge is 2.32. The number of hydrogen-bond acceptors (Lipinski definition) is 6. The van der Waals surface area contributed by atoms with E-state index in [4.69, 9.17) is 16.3 Å². The number of ether oxygens (including phenoxy) is 1. The maximum atomic E-state index is 14.1. The van der Waals surface area contributed by atoms with Crippen LogP contribution in [0.1, 0.15) is 30.1 Å². The molecule has 0 N–H and O–H groups in total. The lowest BCUT2D eigenvalue weighted by Gasteiger charge is -2.29. The highest BCUT2D eigenvalue weighted by molar-refractivity contribution is 6.35. The molecule has 4 heterocycles. The van der Waals surface area contributed by atoms with Gasteiger partial charge in [0.1, 0.15) is 28.9 Å². The quantitative estimate of drug-likeness (QED) is 0.232. The molecule has 0 bridgehead atoms. The topological polar surface area (TPSA) is 82.2 Å². The van der Waals surface area contributed by atoms with Crippen molar-refractivity contribution in [2.75, 3.05) is 18.6 Å². The van der Waals surface area contributed by atoms with Crippen LogP contribution in [0, 0.1) is 0 Å². The van der Waals surface area contributed by atoms with Gasteiger partial charge in [-0.15, -0.1) is 0 Å². The summed E-state index contributed by atoms with van der Waals surface area (Å²) in [7, 11) is 1.64. The summed E-state index contributed by atoms with van der Waals surface area (Å²) >= 11 is 6.55. The molecule has 7 rings (SSSR count). The van der Waals surface area contributed by atoms with Crippen molar-refractivity contribution in [2.24, 2.45) is 0 Å². The number of rotatable bonds is 6. The van der Waals surface area contributed by atoms with Crippen LogP contribution >= 0.6 is 11.6 Å². The molecule has 0 aliphatic carbocycles. The molecular formula is C34H28ClN5O3. The Labute approximate surface area is 252 Å². The number of pyridine rings is 2. The number of hydrogen-bond donors (Lipinski definition) is 0. The lowest BCUT2D eigenvalue weighted by Crippen LogP contribution is -2.31. The Bertz CT molecular complexity index is 2090. The van der Waals surface area contributed by atoms with E-state index in [0.717, 1.165) is 40.9 Å². The van der Waals surface area contributed by atoms with Crippen molar-refractivity contribution in [2.45, 2.75) is 25.4 Å². The summed E-state index contributed by atoms with van der Waals surface area (Å²) in [5, 5.41) is 2.14. The normalized spacial score (nSPS) is 14.9. The SMILES string of the molecule is COc1ccc(Cn2ccc(=O)c3c(N4CCCC4c4cc5cccc(Cl)c5c(=O)n4-c4ccccc4)ncnc32)cc1. The minimum absolute atomic E-state index is 0.145. The van der Waals surface area contributed by atoms with E-state index in [1.165, 1.54) is 6.33 Å². The largest absolute Gasteiger partial charge is 0.497 e. The van der Waals surface area contributed by atoms with E-state index >= 15 is 0 Å². The number of aromatic nitrogens is 4. The minimum Gasteiger partial charge on any atom is -0.497 e. The van der Waals surface area contributed by atoms with Gasteiger partial charge in [-0.1, -0.05) is 54.1 Å². The number of benzene rings is 3. The van der Waals surface area contributed by atoms with E-state index in [1.54, 1.807) is 30.0 Å². The summed E-state index contributed by atoms with van der Waals surface area (Å²) in [6, 6.07) is 26.3. The summed E-state index contributed by atoms with van der Waals surface area (Å²) < 4.78 is 9.01. The van der Waals surface area contributed by atoms with E-state index < -0.39 is 0 Å². The summed E-state index contributed by atoms with van der Waals surface area (Å²) in [5.74, 6) is 1.35. The fourth-order valence-electron chi connectivity index (χ4n) is 6.15. The van der Waals surface area contributed by atoms with Gasteiger partial charge in [-0.3, -0.25) is 14.2 Å². The van der Waals surface area contributed by atoms with Crippen LogP contribution in [0.3, 0.4) is 0 Å². The first-order valence-corrected chi connectivity index (χ1v) is 14.5. The molecule has 1 aliphatic heterocycles. The lowest BCUT2D eigenvalue weighted by atomic mass is 10.0. The van der Waals surface area contributed by atoms with Crippen molar-refractivity contribution in [1.29, 1.82) is 0 Å². The van der Waals surface area contributed by atoms with Crippen molar-refractivity contribution in [3.05, 3.63) is 134 Å². The third kappa shape index (κ3) is 4.73. The van der Waals surface area contributed by atoms with Crippen molar-refractivity contribution >= 4 is 39.2 Å². The molecule has 1 aliphatic rings. The van der Waals surface area contributed by atoms with Crippen LogP contribution in [-0.2, 0) is 6.54 Å². The third-order valence-corrected chi connectivity index (χ3v) is 8.46. The monoisotopic (exact) mass is 589 g/mol. The van der Waals surface area contributed by atoms with Gasteiger partial charge in [0.2, 0.25) is 0 Å². The number of para-hydroxylation sites is 1. The maximum absolute atomic E-state index is 14.1. The van der Waals surface area contributed by atoms with Crippen LogP contribution in [0.25, 0.3) is 27.5 Å². The van der Waals surface area contributed by atoms with Crippen LogP contribution in [0.5, 0.6) is 5.75 Å². The maximum Gasteiger partial charge on any atom is 0.264 e. The van der Waals surface area contributed by atoms with Gasteiger partial charge in [-0.2, -0.15) is 0 Å². The van der Waals surface area contributed by atoms with Gasteiger partial charge < -0.3 is 14.2 Å². The van der Waals surface area contributed by atoms with Gasteiger partial charge in [0.05, 0.1) is 23.6 Å². The van der Waals surface area contributed by atoms with E-state index in [2.05, 4.69) is 14.9 Å². The zero-order valence-electron chi connectivity index (χ0n) is 23.5. The Morgan fingerprint density at radius 1 is 0.930 bits per heavy atom. The van der Waals surface area contributed by atoms with E-state index in [1.807, 2.05) is 77.4 Å². The highest BCUT2D eigenvalue weighted by Crippen LogP contribution is 2.38. The van der Waals surface area contributed by atoms with Crippen molar-refractivity contribution in [3.8, 4) is 11.4 Å². The zero-order valence-corrected chi connectivity index (χ0v) is 24.2. The molecule has 43 heavy (non-hydrogen) atoms. The average Bonchev–Trinajstić information content (AvgIpc) is 3.53. The fraction of sp³-hybridized carbons (Fsp3) is 0.176. The Morgan fingerprint density at radius 3 is 2.53 bits per heavy atom. The van der Waals surface area contributed by atoms with Crippen molar-refractivity contribution in [3.63, 3.8) is 0 Å². The molecule has 1 unspecified atom stereocenters. The molecule has 1 saturated heterocycles. The van der Waals surface area contributed by atoms with Crippen LogP contribution in [0.15, 0.2) is 107 Å². The second-order valence-electron chi connectivity index (χ2n) is 10.7. The van der Waals surface area contributed by atoms with Crippen molar-refractivity contribution in [1.82, 2.24) is 19.1 Å². The predicted octanol–water partition coefficient (Wildman–Crippen LogP) is 6.15. The molecule has 1 fully saturated rings. The Morgan fingerprint density at radius 2 is 1.74 bits per heavy atom. The van der Waals surface area contributed by atoms with Crippen LogP contribution in [-0.4, -0.2) is 32.8 Å². The number of fused-ring (bicyclic) bond motifs is 2. The first-order valence-electron chi connectivity index (χ1n) is 14.2. The Kier molecular flexibility index (Phi) is 6.91. The molecule has 3 aromatic carbocycles. The predicted molar refractivity (Wildman–Crippen MR) is 170 cm³/mol. The molecule has 6 aromatic rings. The van der Waals surface area contributed by atoms with E-state index in [0.29, 0.717) is 40.3 Å². The zero-order chi connectivity index (χ0) is 29.5. The number of anilines is 1. The highest BCUT2D eigenvalue weighted by atomic mass is 35.5. The lowest BCUT2D eigenvalue weighted by molar-refractivity contribution is 0.414. The molecule has 9 heteroatoms.